The summed E-state index contributed by atoms with van der Waals surface area (Å²) in [5, 5.41) is 3.02. The van der Waals surface area contributed by atoms with Gasteiger partial charge in [0.05, 0.1) is 12.6 Å². The van der Waals surface area contributed by atoms with Gasteiger partial charge in [-0.25, -0.2) is 0 Å². The van der Waals surface area contributed by atoms with Crippen LogP contribution >= 0.6 is 0 Å². The van der Waals surface area contributed by atoms with Crippen molar-refractivity contribution in [3.05, 3.63) is 65.2 Å². The Balaban J connectivity index is 1.57. The van der Waals surface area contributed by atoms with Crippen LogP contribution in [0.15, 0.2) is 48.5 Å². The van der Waals surface area contributed by atoms with Crippen molar-refractivity contribution in [2.75, 3.05) is 13.2 Å². The largest absolute Gasteiger partial charge is 0.494 e. The zero-order chi connectivity index (χ0) is 19.2. The topological polar surface area (TPSA) is 58.6 Å². The molecule has 2 amide bonds. The molecule has 0 saturated carbocycles. The van der Waals surface area contributed by atoms with E-state index in [2.05, 4.69) is 5.32 Å². The number of amides is 2. The third-order valence-electron chi connectivity index (χ3n) is 4.80. The third-order valence-corrected chi connectivity index (χ3v) is 4.80. The Bertz CT molecular complexity index is 784. The maximum absolute atomic E-state index is 12.5. The van der Waals surface area contributed by atoms with Crippen LogP contribution in [-0.2, 0) is 11.3 Å². The summed E-state index contributed by atoms with van der Waals surface area (Å²) in [5.74, 6) is 0.924. The number of likely N-dealkylation sites (tertiary alicyclic amines) is 1. The second-order valence-corrected chi connectivity index (χ2v) is 6.81. The van der Waals surface area contributed by atoms with Crippen LogP contribution in [0.1, 0.15) is 54.2 Å². The lowest BCUT2D eigenvalue weighted by Gasteiger charge is -2.17. The molecule has 0 spiro atoms. The highest BCUT2D eigenvalue weighted by Gasteiger charge is 2.20. The molecule has 1 aliphatic heterocycles. The maximum atomic E-state index is 12.5. The van der Waals surface area contributed by atoms with Crippen LogP contribution in [0.25, 0.3) is 0 Å². The summed E-state index contributed by atoms with van der Waals surface area (Å²) in [6, 6.07) is 15.1. The Morgan fingerprint density at radius 1 is 1.15 bits per heavy atom. The molecule has 3 rings (SSSR count). The van der Waals surface area contributed by atoms with Gasteiger partial charge in [-0.15, -0.1) is 0 Å². The first-order valence-corrected chi connectivity index (χ1v) is 9.47. The molecule has 0 aliphatic carbocycles. The minimum Gasteiger partial charge on any atom is -0.494 e. The fourth-order valence-corrected chi connectivity index (χ4v) is 3.24. The third kappa shape index (κ3) is 4.88. The molecule has 5 nitrogen and oxygen atoms in total. The molecule has 0 radical (unpaired) electrons. The molecule has 1 aliphatic rings. The van der Waals surface area contributed by atoms with Gasteiger partial charge in [-0.05, 0) is 55.7 Å². The summed E-state index contributed by atoms with van der Waals surface area (Å²) in [6.07, 6.45) is 1.58. The summed E-state index contributed by atoms with van der Waals surface area (Å²) in [5.41, 5.74) is 2.68. The standard InChI is InChI=1S/C22H26N2O3/c1-3-27-20-12-10-18(11-13-20)16(2)23-22(26)19-8-6-17(7-9-19)15-24-14-4-5-21(24)25/h6-13,16H,3-5,14-15H2,1-2H3,(H,23,26)/t16-/m1/s1. The molecule has 1 N–H and O–H groups in total. The summed E-state index contributed by atoms with van der Waals surface area (Å²) in [6.45, 7) is 5.98. The molecule has 2 aromatic carbocycles. The number of hydrogen-bond donors (Lipinski definition) is 1. The molecule has 27 heavy (non-hydrogen) atoms. The smallest absolute Gasteiger partial charge is 0.251 e. The van der Waals surface area contributed by atoms with E-state index in [1.54, 1.807) is 0 Å². The lowest BCUT2D eigenvalue weighted by molar-refractivity contribution is -0.128. The fraction of sp³-hybridized carbons (Fsp3) is 0.364. The number of rotatable bonds is 7. The van der Waals surface area contributed by atoms with Crippen molar-refractivity contribution in [3.63, 3.8) is 0 Å². The Morgan fingerprint density at radius 2 is 1.85 bits per heavy atom. The van der Waals surface area contributed by atoms with Gasteiger partial charge in [0.15, 0.2) is 0 Å². The van der Waals surface area contributed by atoms with Crippen LogP contribution < -0.4 is 10.1 Å². The lowest BCUT2D eigenvalue weighted by Crippen LogP contribution is -2.27. The highest BCUT2D eigenvalue weighted by Crippen LogP contribution is 2.19. The zero-order valence-electron chi connectivity index (χ0n) is 15.9. The van der Waals surface area contributed by atoms with Crippen LogP contribution in [0.4, 0.5) is 0 Å². The van der Waals surface area contributed by atoms with Gasteiger partial charge in [-0.2, -0.15) is 0 Å². The van der Waals surface area contributed by atoms with Gasteiger partial charge in [0.2, 0.25) is 5.91 Å². The first-order valence-electron chi connectivity index (χ1n) is 9.47. The normalized spacial score (nSPS) is 14.9. The highest BCUT2D eigenvalue weighted by molar-refractivity contribution is 5.94. The van der Waals surface area contributed by atoms with E-state index in [-0.39, 0.29) is 17.9 Å². The molecule has 2 aromatic rings. The van der Waals surface area contributed by atoms with Gasteiger partial charge in [0, 0.05) is 25.1 Å². The number of carbonyl (C=O) groups excluding carboxylic acids is 2. The van der Waals surface area contributed by atoms with E-state index in [9.17, 15) is 9.59 Å². The van der Waals surface area contributed by atoms with E-state index in [1.165, 1.54) is 0 Å². The first-order chi connectivity index (χ1) is 13.1. The second-order valence-electron chi connectivity index (χ2n) is 6.81. The molecule has 1 saturated heterocycles. The predicted molar refractivity (Wildman–Crippen MR) is 105 cm³/mol. The Labute approximate surface area is 160 Å². The quantitative estimate of drug-likeness (QED) is 0.813. The number of hydrogen-bond acceptors (Lipinski definition) is 3. The van der Waals surface area contributed by atoms with E-state index < -0.39 is 0 Å². The number of carbonyl (C=O) groups is 2. The summed E-state index contributed by atoms with van der Waals surface area (Å²) in [7, 11) is 0. The Hall–Kier alpha value is -2.82. The molecule has 1 heterocycles. The van der Waals surface area contributed by atoms with Crippen LogP contribution in [0, 0.1) is 0 Å². The van der Waals surface area contributed by atoms with E-state index in [0.717, 1.165) is 29.8 Å². The van der Waals surface area contributed by atoms with Gasteiger partial charge in [-0.1, -0.05) is 24.3 Å². The Morgan fingerprint density at radius 3 is 2.44 bits per heavy atom. The van der Waals surface area contributed by atoms with Crippen LogP contribution in [0.5, 0.6) is 5.75 Å². The van der Waals surface area contributed by atoms with E-state index in [4.69, 9.17) is 4.74 Å². The molecule has 1 fully saturated rings. The van der Waals surface area contributed by atoms with E-state index in [1.807, 2.05) is 67.3 Å². The first kappa shape index (κ1) is 19.0. The summed E-state index contributed by atoms with van der Waals surface area (Å²) < 4.78 is 5.44. The number of benzene rings is 2. The average molecular weight is 366 g/mol. The van der Waals surface area contributed by atoms with Crippen molar-refractivity contribution in [3.8, 4) is 5.75 Å². The monoisotopic (exact) mass is 366 g/mol. The van der Waals surface area contributed by atoms with E-state index >= 15 is 0 Å². The average Bonchev–Trinajstić information content (AvgIpc) is 3.07. The second kappa shape index (κ2) is 8.71. The lowest BCUT2D eigenvalue weighted by atomic mass is 10.1. The number of nitrogens with zero attached hydrogens (tertiary/aromatic N) is 1. The molecule has 0 unspecified atom stereocenters. The van der Waals surface area contributed by atoms with Gasteiger partial charge in [-0.3, -0.25) is 9.59 Å². The van der Waals surface area contributed by atoms with Crippen molar-refractivity contribution in [2.24, 2.45) is 0 Å². The van der Waals surface area contributed by atoms with E-state index in [0.29, 0.717) is 25.1 Å². The fourth-order valence-electron chi connectivity index (χ4n) is 3.24. The minimum absolute atomic E-state index is 0.102. The molecule has 0 aromatic heterocycles. The van der Waals surface area contributed by atoms with Gasteiger partial charge in [0.25, 0.3) is 5.91 Å². The predicted octanol–water partition coefficient (Wildman–Crippen LogP) is 3.70. The summed E-state index contributed by atoms with van der Waals surface area (Å²) >= 11 is 0. The van der Waals surface area contributed by atoms with Crippen LogP contribution in [0.3, 0.4) is 0 Å². The number of ether oxygens (including phenoxy) is 1. The molecule has 0 bridgehead atoms. The Kier molecular flexibility index (Phi) is 6.12. The van der Waals surface area contributed by atoms with Crippen molar-refractivity contribution in [1.82, 2.24) is 10.2 Å². The van der Waals surface area contributed by atoms with Crippen molar-refractivity contribution < 1.29 is 14.3 Å². The van der Waals surface area contributed by atoms with Crippen LogP contribution in [0.2, 0.25) is 0 Å². The van der Waals surface area contributed by atoms with Crippen molar-refractivity contribution in [1.29, 1.82) is 0 Å². The van der Waals surface area contributed by atoms with Crippen LogP contribution in [-0.4, -0.2) is 29.9 Å². The van der Waals surface area contributed by atoms with Crippen molar-refractivity contribution >= 4 is 11.8 Å². The van der Waals surface area contributed by atoms with Gasteiger partial charge in [0.1, 0.15) is 5.75 Å². The molecule has 1 atom stereocenters. The zero-order valence-corrected chi connectivity index (χ0v) is 15.9. The van der Waals surface area contributed by atoms with Gasteiger partial charge >= 0.3 is 0 Å². The molecule has 142 valence electrons. The molecular weight excluding hydrogens is 340 g/mol. The summed E-state index contributed by atoms with van der Waals surface area (Å²) in [4.78, 5) is 26.1. The SMILES string of the molecule is CCOc1ccc([C@@H](C)NC(=O)c2ccc(CN3CCCC3=O)cc2)cc1. The maximum Gasteiger partial charge on any atom is 0.251 e. The molecule has 5 heteroatoms. The minimum atomic E-state index is -0.111. The van der Waals surface area contributed by atoms with Crippen molar-refractivity contribution in [2.45, 2.75) is 39.3 Å². The molecular formula is C22H26N2O3. The van der Waals surface area contributed by atoms with Gasteiger partial charge < -0.3 is 15.0 Å². The highest BCUT2D eigenvalue weighted by atomic mass is 16.5. The number of nitrogens with one attached hydrogen (secondary N) is 1.